The number of carboxylic acids is 1. The van der Waals surface area contributed by atoms with Gasteiger partial charge < -0.3 is 24.2 Å². The average Bonchev–Trinajstić information content (AvgIpc) is 2.54. The van der Waals surface area contributed by atoms with Crippen LogP contribution in [0, 0.1) is 0 Å². The van der Waals surface area contributed by atoms with E-state index >= 15 is 0 Å². The summed E-state index contributed by atoms with van der Waals surface area (Å²) in [6, 6.07) is 6.90. The first-order valence-electron chi connectivity index (χ1n) is 7.41. The SMILES string of the molecule is COCCOc1ccccc1C(=O)N1CC(C(=O)O)O[C@H](C)C1. The maximum atomic E-state index is 12.7. The number of amides is 1. The fourth-order valence-electron chi connectivity index (χ4n) is 2.43. The monoisotopic (exact) mass is 323 g/mol. The van der Waals surface area contributed by atoms with Crippen LogP contribution >= 0.6 is 0 Å². The fourth-order valence-corrected chi connectivity index (χ4v) is 2.43. The second kappa shape index (κ2) is 7.94. The van der Waals surface area contributed by atoms with Crippen LogP contribution in [0.2, 0.25) is 0 Å². The number of benzene rings is 1. The Kier molecular flexibility index (Phi) is 5.95. The number of morpholine rings is 1. The second-order valence-electron chi connectivity index (χ2n) is 5.32. The number of carbonyl (C=O) groups excluding carboxylic acids is 1. The molecule has 1 unspecified atom stereocenters. The van der Waals surface area contributed by atoms with Crippen molar-refractivity contribution in [2.75, 3.05) is 33.4 Å². The molecule has 1 N–H and O–H groups in total. The van der Waals surface area contributed by atoms with Gasteiger partial charge in [-0.05, 0) is 19.1 Å². The van der Waals surface area contributed by atoms with Gasteiger partial charge in [-0.2, -0.15) is 0 Å². The summed E-state index contributed by atoms with van der Waals surface area (Å²) in [5.41, 5.74) is 0.404. The molecule has 1 aliphatic heterocycles. The fraction of sp³-hybridized carbons (Fsp3) is 0.500. The van der Waals surface area contributed by atoms with Crippen LogP contribution in [0.5, 0.6) is 5.75 Å². The number of ether oxygens (including phenoxy) is 3. The third-order valence-corrected chi connectivity index (χ3v) is 3.49. The van der Waals surface area contributed by atoms with E-state index in [-0.39, 0.29) is 18.6 Å². The summed E-state index contributed by atoms with van der Waals surface area (Å²) >= 11 is 0. The first-order valence-corrected chi connectivity index (χ1v) is 7.41. The van der Waals surface area contributed by atoms with Crippen LogP contribution in [0.3, 0.4) is 0 Å². The van der Waals surface area contributed by atoms with E-state index < -0.39 is 12.1 Å². The molecule has 0 spiro atoms. The van der Waals surface area contributed by atoms with Gasteiger partial charge in [-0.3, -0.25) is 4.79 Å². The average molecular weight is 323 g/mol. The van der Waals surface area contributed by atoms with Crippen LogP contribution in [-0.2, 0) is 14.3 Å². The van der Waals surface area contributed by atoms with Gasteiger partial charge in [0.05, 0.1) is 24.8 Å². The topological polar surface area (TPSA) is 85.3 Å². The molecule has 0 aliphatic carbocycles. The molecule has 1 fully saturated rings. The molecule has 1 aliphatic rings. The molecule has 1 amide bonds. The van der Waals surface area contributed by atoms with Crippen molar-refractivity contribution in [3.63, 3.8) is 0 Å². The van der Waals surface area contributed by atoms with Gasteiger partial charge in [0.15, 0.2) is 6.10 Å². The maximum Gasteiger partial charge on any atom is 0.334 e. The summed E-state index contributed by atoms with van der Waals surface area (Å²) in [6.07, 6.45) is -1.35. The first kappa shape index (κ1) is 17.2. The number of nitrogens with zero attached hydrogens (tertiary/aromatic N) is 1. The van der Waals surface area contributed by atoms with Crippen LogP contribution in [0.1, 0.15) is 17.3 Å². The molecule has 7 nitrogen and oxygen atoms in total. The predicted octanol–water partition coefficient (Wildman–Crippen LogP) is 1.03. The van der Waals surface area contributed by atoms with E-state index in [1.54, 1.807) is 38.3 Å². The summed E-state index contributed by atoms with van der Waals surface area (Å²) in [5.74, 6) is -0.876. The van der Waals surface area contributed by atoms with Crippen molar-refractivity contribution in [2.24, 2.45) is 0 Å². The lowest BCUT2D eigenvalue weighted by Crippen LogP contribution is -2.51. The molecular weight excluding hydrogens is 302 g/mol. The zero-order chi connectivity index (χ0) is 16.8. The van der Waals surface area contributed by atoms with Crippen molar-refractivity contribution < 1.29 is 28.9 Å². The first-order chi connectivity index (χ1) is 11.0. The molecule has 0 saturated carbocycles. The summed E-state index contributed by atoms with van der Waals surface area (Å²) < 4.78 is 15.8. The van der Waals surface area contributed by atoms with Crippen LogP contribution < -0.4 is 4.74 Å². The van der Waals surface area contributed by atoms with Gasteiger partial charge in [0.1, 0.15) is 12.4 Å². The lowest BCUT2D eigenvalue weighted by atomic mass is 10.1. The molecule has 0 aromatic heterocycles. The predicted molar refractivity (Wildman–Crippen MR) is 81.7 cm³/mol. The van der Waals surface area contributed by atoms with Crippen LogP contribution in [0.25, 0.3) is 0 Å². The van der Waals surface area contributed by atoms with Gasteiger partial charge in [0.2, 0.25) is 0 Å². The maximum absolute atomic E-state index is 12.7. The number of hydrogen-bond acceptors (Lipinski definition) is 5. The van der Waals surface area contributed by atoms with E-state index in [2.05, 4.69) is 0 Å². The lowest BCUT2D eigenvalue weighted by molar-refractivity contribution is -0.160. The zero-order valence-corrected chi connectivity index (χ0v) is 13.2. The molecule has 0 radical (unpaired) electrons. The highest BCUT2D eigenvalue weighted by molar-refractivity contribution is 5.97. The van der Waals surface area contributed by atoms with E-state index in [1.807, 2.05) is 0 Å². The van der Waals surface area contributed by atoms with E-state index in [1.165, 1.54) is 4.90 Å². The summed E-state index contributed by atoms with van der Waals surface area (Å²) in [4.78, 5) is 25.4. The van der Waals surface area contributed by atoms with Gasteiger partial charge in [-0.15, -0.1) is 0 Å². The highest BCUT2D eigenvalue weighted by Gasteiger charge is 2.33. The highest BCUT2D eigenvalue weighted by atomic mass is 16.5. The quantitative estimate of drug-likeness (QED) is 0.787. The number of rotatable bonds is 6. The summed E-state index contributed by atoms with van der Waals surface area (Å²) in [5, 5.41) is 9.12. The van der Waals surface area contributed by atoms with Crippen molar-refractivity contribution in [1.82, 2.24) is 4.90 Å². The van der Waals surface area contributed by atoms with Gasteiger partial charge in [-0.25, -0.2) is 4.79 Å². The van der Waals surface area contributed by atoms with Gasteiger partial charge in [0, 0.05) is 13.7 Å². The summed E-state index contributed by atoms with van der Waals surface area (Å²) in [7, 11) is 1.57. The molecule has 0 bridgehead atoms. The Morgan fingerprint density at radius 2 is 2.04 bits per heavy atom. The molecule has 2 rings (SSSR count). The third kappa shape index (κ3) is 4.43. The Bertz CT molecular complexity index is 561. The third-order valence-electron chi connectivity index (χ3n) is 3.49. The Hall–Kier alpha value is -2.12. The Balaban J connectivity index is 2.14. The standard InChI is InChI=1S/C16H21NO6/c1-11-9-17(10-14(23-11)16(19)20)15(18)12-5-3-4-6-13(12)22-8-7-21-2/h3-6,11,14H,7-10H2,1-2H3,(H,19,20)/t11-,14?/m1/s1. The largest absolute Gasteiger partial charge is 0.490 e. The van der Waals surface area contributed by atoms with Crippen molar-refractivity contribution in [3.8, 4) is 5.75 Å². The number of methoxy groups -OCH3 is 1. The van der Waals surface area contributed by atoms with Gasteiger partial charge in [-0.1, -0.05) is 12.1 Å². The van der Waals surface area contributed by atoms with Gasteiger partial charge >= 0.3 is 5.97 Å². The lowest BCUT2D eigenvalue weighted by Gasteiger charge is -2.35. The Labute approximate surface area is 134 Å². The Morgan fingerprint density at radius 1 is 1.30 bits per heavy atom. The number of carbonyl (C=O) groups is 2. The van der Waals surface area contributed by atoms with Crippen molar-refractivity contribution >= 4 is 11.9 Å². The number of carboxylic acid groups (broad SMARTS) is 1. The molecule has 126 valence electrons. The normalized spacial score (nSPS) is 21.0. The van der Waals surface area contributed by atoms with E-state index in [9.17, 15) is 9.59 Å². The molecule has 23 heavy (non-hydrogen) atoms. The highest BCUT2D eigenvalue weighted by Crippen LogP contribution is 2.22. The second-order valence-corrected chi connectivity index (χ2v) is 5.32. The molecule has 2 atom stereocenters. The van der Waals surface area contributed by atoms with Crippen LogP contribution in [0.15, 0.2) is 24.3 Å². The number of para-hydroxylation sites is 1. The molecule has 1 heterocycles. The summed E-state index contributed by atoms with van der Waals surface area (Å²) in [6.45, 7) is 2.85. The zero-order valence-electron chi connectivity index (χ0n) is 13.2. The number of aliphatic carboxylic acids is 1. The Morgan fingerprint density at radius 3 is 2.74 bits per heavy atom. The minimum atomic E-state index is -1.07. The van der Waals surface area contributed by atoms with E-state index in [0.29, 0.717) is 31.1 Å². The van der Waals surface area contributed by atoms with Crippen LogP contribution in [0.4, 0.5) is 0 Å². The van der Waals surface area contributed by atoms with Gasteiger partial charge in [0.25, 0.3) is 5.91 Å². The van der Waals surface area contributed by atoms with Crippen molar-refractivity contribution in [2.45, 2.75) is 19.1 Å². The van der Waals surface area contributed by atoms with Crippen molar-refractivity contribution in [3.05, 3.63) is 29.8 Å². The molecule has 1 saturated heterocycles. The van der Waals surface area contributed by atoms with E-state index in [4.69, 9.17) is 19.3 Å². The van der Waals surface area contributed by atoms with E-state index in [0.717, 1.165) is 0 Å². The van der Waals surface area contributed by atoms with Crippen LogP contribution in [-0.4, -0.2) is 67.5 Å². The molecule has 1 aromatic carbocycles. The minimum absolute atomic E-state index is 0.0188. The van der Waals surface area contributed by atoms with Crippen molar-refractivity contribution in [1.29, 1.82) is 0 Å². The molecule has 1 aromatic rings. The molecular formula is C16H21NO6. The molecule has 7 heteroatoms. The minimum Gasteiger partial charge on any atom is -0.490 e. The smallest absolute Gasteiger partial charge is 0.334 e. The number of hydrogen-bond donors (Lipinski definition) is 1.